The van der Waals surface area contributed by atoms with Crippen LogP contribution in [0.4, 0.5) is 0 Å². The molecule has 0 fully saturated rings. The van der Waals surface area contributed by atoms with Crippen LogP contribution in [-0.4, -0.2) is 29.0 Å². The first-order valence-corrected chi connectivity index (χ1v) is 6.10. The Morgan fingerprint density at radius 2 is 2.29 bits per heavy atom. The van der Waals surface area contributed by atoms with Crippen molar-refractivity contribution < 1.29 is 9.90 Å². The van der Waals surface area contributed by atoms with Gasteiger partial charge in [0.1, 0.15) is 5.75 Å². The van der Waals surface area contributed by atoms with Gasteiger partial charge in [-0.1, -0.05) is 12.8 Å². The van der Waals surface area contributed by atoms with E-state index >= 15 is 0 Å². The molecule has 0 atom stereocenters. The van der Waals surface area contributed by atoms with Gasteiger partial charge in [-0.3, -0.25) is 4.79 Å². The van der Waals surface area contributed by atoms with Crippen LogP contribution in [-0.2, 0) is 0 Å². The zero-order valence-corrected chi connectivity index (χ0v) is 11.2. The minimum atomic E-state index is -0.160. The van der Waals surface area contributed by atoms with Crippen LogP contribution in [0.3, 0.4) is 0 Å². The van der Waals surface area contributed by atoms with Gasteiger partial charge in [0.05, 0.1) is 11.0 Å². The summed E-state index contributed by atoms with van der Waals surface area (Å²) < 4.78 is 0.563. The van der Waals surface area contributed by atoms with Crippen LogP contribution in [0.15, 0.2) is 22.7 Å². The molecule has 1 rings (SSSR count). The summed E-state index contributed by atoms with van der Waals surface area (Å²) in [5, 5.41) is 9.53. The van der Waals surface area contributed by atoms with E-state index in [4.69, 9.17) is 6.42 Å². The molecule has 0 radical (unpaired) electrons. The lowest BCUT2D eigenvalue weighted by Crippen LogP contribution is -2.32. The first kappa shape index (κ1) is 13.6. The van der Waals surface area contributed by atoms with Crippen molar-refractivity contribution in [2.45, 2.75) is 13.3 Å². The molecular weight excluding hydrogens is 282 g/mol. The van der Waals surface area contributed by atoms with E-state index in [2.05, 4.69) is 21.9 Å². The highest BCUT2D eigenvalue weighted by Gasteiger charge is 2.15. The Labute approximate surface area is 110 Å². The van der Waals surface area contributed by atoms with Crippen LogP contribution >= 0.6 is 15.9 Å². The molecule has 17 heavy (non-hydrogen) atoms. The van der Waals surface area contributed by atoms with E-state index < -0.39 is 0 Å². The van der Waals surface area contributed by atoms with E-state index in [-0.39, 0.29) is 18.2 Å². The van der Waals surface area contributed by atoms with Gasteiger partial charge in [0.2, 0.25) is 0 Å². The van der Waals surface area contributed by atoms with Crippen LogP contribution < -0.4 is 0 Å². The van der Waals surface area contributed by atoms with Gasteiger partial charge in [-0.15, -0.1) is 6.42 Å². The summed E-state index contributed by atoms with van der Waals surface area (Å²) in [7, 11) is 0. The van der Waals surface area contributed by atoms with E-state index in [1.807, 2.05) is 6.92 Å². The number of carbonyl (C=O) groups excluding carboxylic acids is 1. The summed E-state index contributed by atoms with van der Waals surface area (Å²) in [6.45, 7) is 2.87. The number of rotatable bonds is 4. The fraction of sp³-hybridized carbons (Fsp3) is 0.308. The number of hydrogen-bond acceptors (Lipinski definition) is 2. The number of phenolic OH excluding ortho intramolecular Hbond substituents is 1. The highest BCUT2D eigenvalue weighted by molar-refractivity contribution is 9.10. The SMILES string of the molecule is C#CCN(CCC)C(=O)c1ccc(Br)c(O)c1. The van der Waals surface area contributed by atoms with Crippen LogP contribution in [0.5, 0.6) is 5.75 Å². The molecule has 0 saturated carbocycles. The Morgan fingerprint density at radius 1 is 1.59 bits per heavy atom. The topological polar surface area (TPSA) is 40.5 Å². The van der Waals surface area contributed by atoms with Gasteiger partial charge in [0, 0.05) is 12.1 Å². The molecule has 0 bridgehead atoms. The molecule has 0 aliphatic heterocycles. The maximum absolute atomic E-state index is 12.1. The van der Waals surface area contributed by atoms with Crippen molar-refractivity contribution in [3.63, 3.8) is 0 Å². The number of nitrogens with zero attached hydrogens (tertiary/aromatic N) is 1. The lowest BCUT2D eigenvalue weighted by Gasteiger charge is -2.19. The van der Waals surface area contributed by atoms with Gasteiger partial charge in [-0.2, -0.15) is 0 Å². The second-order valence-electron chi connectivity index (χ2n) is 3.60. The predicted octanol–water partition coefficient (Wildman–Crippen LogP) is 2.64. The summed E-state index contributed by atoms with van der Waals surface area (Å²) in [6, 6.07) is 4.74. The number of amides is 1. The van der Waals surface area contributed by atoms with Crippen molar-refractivity contribution in [3.05, 3.63) is 28.2 Å². The minimum Gasteiger partial charge on any atom is -0.507 e. The Morgan fingerprint density at radius 3 is 2.82 bits per heavy atom. The van der Waals surface area contributed by atoms with Crippen LogP contribution in [0, 0.1) is 12.3 Å². The molecule has 0 aromatic heterocycles. The van der Waals surface area contributed by atoms with Crippen molar-refractivity contribution in [2.75, 3.05) is 13.1 Å². The quantitative estimate of drug-likeness (QED) is 0.868. The molecule has 1 aromatic rings. The highest BCUT2D eigenvalue weighted by atomic mass is 79.9. The molecule has 0 saturated heterocycles. The maximum atomic E-state index is 12.1. The van der Waals surface area contributed by atoms with Gasteiger partial charge < -0.3 is 10.0 Å². The number of carbonyl (C=O) groups is 1. The monoisotopic (exact) mass is 295 g/mol. The van der Waals surface area contributed by atoms with E-state index in [0.717, 1.165) is 6.42 Å². The summed E-state index contributed by atoms with van der Waals surface area (Å²) in [5.41, 5.74) is 0.439. The molecule has 1 amide bonds. The molecule has 1 aromatic carbocycles. The largest absolute Gasteiger partial charge is 0.507 e. The summed E-state index contributed by atoms with van der Waals surface area (Å²) in [4.78, 5) is 13.7. The molecule has 4 heteroatoms. The molecule has 0 spiro atoms. The summed E-state index contributed by atoms with van der Waals surface area (Å²) in [6.07, 6.45) is 6.07. The highest BCUT2D eigenvalue weighted by Crippen LogP contribution is 2.24. The number of terminal acetylenes is 1. The molecule has 0 unspecified atom stereocenters. The molecule has 0 heterocycles. The molecular formula is C13H14BrNO2. The molecule has 0 aliphatic carbocycles. The smallest absolute Gasteiger partial charge is 0.254 e. The van der Waals surface area contributed by atoms with Crippen molar-refractivity contribution in [1.82, 2.24) is 4.90 Å². The first-order chi connectivity index (χ1) is 8.10. The Kier molecular flexibility index (Phi) is 5.05. The molecule has 90 valence electrons. The van der Waals surface area contributed by atoms with Crippen molar-refractivity contribution in [1.29, 1.82) is 0 Å². The van der Waals surface area contributed by atoms with Crippen molar-refractivity contribution in [3.8, 4) is 18.1 Å². The Hall–Kier alpha value is -1.47. The lowest BCUT2D eigenvalue weighted by atomic mass is 10.2. The normalized spacial score (nSPS) is 9.71. The maximum Gasteiger partial charge on any atom is 0.254 e. The van der Waals surface area contributed by atoms with Crippen molar-refractivity contribution >= 4 is 21.8 Å². The van der Waals surface area contributed by atoms with Gasteiger partial charge in [-0.25, -0.2) is 0 Å². The predicted molar refractivity (Wildman–Crippen MR) is 70.8 cm³/mol. The molecule has 3 nitrogen and oxygen atoms in total. The van der Waals surface area contributed by atoms with Gasteiger partial charge >= 0.3 is 0 Å². The summed E-state index contributed by atoms with van der Waals surface area (Å²) >= 11 is 3.17. The number of phenols is 1. The zero-order chi connectivity index (χ0) is 12.8. The third-order valence-corrected chi connectivity index (χ3v) is 2.93. The third-order valence-electron chi connectivity index (χ3n) is 2.26. The summed E-state index contributed by atoms with van der Waals surface area (Å²) in [5.74, 6) is 2.35. The van der Waals surface area contributed by atoms with E-state index in [1.165, 1.54) is 6.07 Å². The average Bonchev–Trinajstić information content (AvgIpc) is 2.31. The van der Waals surface area contributed by atoms with Crippen LogP contribution in [0.1, 0.15) is 23.7 Å². The zero-order valence-electron chi connectivity index (χ0n) is 9.61. The third kappa shape index (κ3) is 3.50. The number of halogens is 1. The average molecular weight is 296 g/mol. The van der Waals surface area contributed by atoms with Crippen LogP contribution in [0.25, 0.3) is 0 Å². The number of benzene rings is 1. The van der Waals surface area contributed by atoms with Crippen molar-refractivity contribution in [2.24, 2.45) is 0 Å². The second-order valence-corrected chi connectivity index (χ2v) is 4.45. The fourth-order valence-electron chi connectivity index (χ4n) is 1.46. The fourth-order valence-corrected chi connectivity index (χ4v) is 1.71. The minimum absolute atomic E-state index is 0.0491. The van der Waals surface area contributed by atoms with Crippen LogP contribution in [0.2, 0.25) is 0 Å². The van der Waals surface area contributed by atoms with E-state index in [9.17, 15) is 9.90 Å². The lowest BCUT2D eigenvalue weighted by molar-refractivity contribution is 0.0776. The molecule has 1 N–H and O–H groups in total. The van der Waals surface area contributed by atoms with Gasteiger partial charge in [-0.05, 0) is 40.5 Å². The first-order valence-electron chi connectivity index (χ1n) is 5.31. The van der Waals surface area contributed by atoms with Gasteiger partial charge in [0.25, 0.3) is 5.91 Å². The Balaban J connectivity index is 2.93. The van der Waals surface area contributed by atoms with E-state index in [1.54, 1.807) is 17.0 Å². The van der Waals surface area contributed by atoms with E-state index in [0.29, 0.717) is 16.6 Å². The standard InChI is InChI=1S/C13H14BrNO2/c1-3-7-15(8-4-2)13(17)10-5-6-11(14)12(16)9-10/h1,5-6,9,16H,4,7-8H2,2H3. The Bertz CT molecular complexity index is 451. The van der Waals surface area contributed by atoms with Gasteiger partial charge in [0.15, 0.2) is 0 Å². The second kappa shape index (κ2) is 6.31. The number of hydrogen-bond donors (Lipinski definition) is 1. The number of aromatic hydroxyl groups is 1. The molecule has 0 aliphatic rings.